The number of aryl methyl sites for hydroxylation is 2. The van der Waals surface area contributed by atoms with E-state index in [9.17, 15) is 0 Å². The molecule has 0 radical (unpaired) electrons. The zero-order valence-corrected chi connectivity index (χ0v) is 10.4. The third-order valence-electron chi connectivity index (χ3n) is 3.14. The Bertz CT molecular complexity index is 513. The van der Waals surface area contributed by atoms with Gasteiger partial charge in [-0.15, -0.1) is 0 Å². The molecule has 1 aromatic carbocycles. The monoisotopic (exact) mass is 254 g/mol. The molecular weight excluding hydrogens is 228 g/mol. The molecule has 0 bridgehead atoms. The second kappa shape index (κ2) is 7.58. The molecule has 0 saturated carbocycles. The van der Waals surface area contributed by atoms with Crippen molar-refractivity contribution in [1.82, 2.24) is 0 Å². The van der Waals surface area contributed by atoms with Gasteiger partial charge in [0, 0.05) is 0 Å². The van der Waals surface area contributed by atoms with Gasteiger partial charge in [0.05, 0.1) is 0 Å². The summed E-state index contributed by atoms with van der Waals surface area (Å²) in [4.78, 5) is 0. The van der Waals surface area contributed by atoms with Crippen LogP contribution in [0.5, 0.6) is 0 Å². The van der Waals surface area contributed by atoms with Crippen molar-refractivity contribution < 1.29 is 0 Å². The fraction of sp³-hybridized carbons (Fsp3) is 0.263. The molecule has 0 unspecified atom stereocenters. The van der Waals surface area contributed by atoms with Crippen molar-refractivity contribution in [3.8, 4) is 0 Å². The van der Waals surface area contributed by atoms with Crippen molar-refractivity contribution in [2.75, 3.05) is 0 Å². The molecule has 1 aliphatic rings. The molecule has 0 aliphatic heterocycles. The lowest BCUT2D eigenvalue weighted by Crippen LogP contribution is -2.00. The van der Waals surface area contributed by atoms with Crippen molar-refractivity contribution in [3.63, 3.8) is 0 Å². The Morgan fingerprint density at radius 3 is 2.63 bits per heavy atom. The SMILES string of the molecule is C.C.C=C/C=C\C(=C)C1=Cc2ccc(C)cc2CC1. The molecule has 102 valence electrons. The van der Waals surface area contributed by atoms with E-state index in [1.54, 1.807) is 6.08 Å². The predicted octanol–water partition coefficient (Wildman–Crippen LogP) is 5.90. The average molecular weight is 254 g/mol. The van der Waals surface area contributed by atoms with Crippen LogP contribution in [0.3, 0.4) is 0 Å². The zero-order chi connectivity index (χ0) is 12.3. The van der Waals surface area contributed by atoms with Gasteiger partial charge in [-0.05, 0) is 42.0 Å². The second-order valence-corrected chi connectivity index (χ2v) is 4.49. The standard InChI is InChI=1S/C17H18.2CH4/c1-4-5-6-14(3)15-9-10-16-11-13(2)7-8-17(16)12-15;;/h4-8,11-12H,1,3,9-10H2,2H3;2*1H4/b6-5-;;. The van der Waals surface area contributed by atoms with Gasteiger partial charge in [-0.1, -0.05) is 76.1 Å². The molecule has 0 spiro atoms. The summed E-state index contributed by atoms with van der Waals surface area (Å²) in [6.07, 6.45) is 10.2. The lowest BCUT2D eigenvalue weighted by Gasteiger charge is -2.17. The molecule has 0 aromatic heterocycles. The Morgan fingerprint density at radius 2 is 1.95 bits per heavy atom. The van der Waals surface area contributed by atoms with E-state index >= 15 is 0 Å². The topological polar surface area (TPSA) is 0 Å². The molecule has 1 aliphatic carbocycles. The maximum absolute atomic E-state index is 4.10. The highest BCUT2D eigenvalue weighted by Gasteiger charge is 2.11. The molecule has 1 aromatic rings. The Balaban J connectivity index is 0.00000162. The van der Waals surface area contributed by atoms with E-state index < -0.39 is 0 Å². The van der Waals surface area contributed by atoms with Crippen LogP contribution in [0.2, 0.25) is 0 Å². The van der Waals surface area contributed by atoms with Gasteiger partial charge in [0.2, 0.25) is 0 Å². The molecule has 0 amide bonds. The maximum Gasteiger partial charge on any atom is -0.0221 e. The van der Waals surface area contributed by atoms with Gasteiger partial charge in [-0.2, -0.15) is 0 Å². The predicted molar refractivity (Wildman–Crippen MR) is 89.4 cm³/mol. The van der Waals surface area contributed by atoms with Crippen molar-refractivity contribution in [2.24, 2.45) is 0 Å². The van der Waals surface area contributed by atoms with Crippen LogP contribution in [0, 0.1) is 6.92 Å². The van der Waals surface area contributed by atoms with E-state index in [1.807, 2.05) is 12.2 Å². The number of hydrogen-bond acceptors (Lipinski definition) is 0. The Kier molecular flexibility index (Phi) is 6.85. The van der Waals surface area contributed by atoms with Crippen molar-refractivity contribution in [1.29, 1.82) is 0 Å². The first-order valence-corrected chi connectivity index (χ1v) is 5.99. The van der Waals surface area contributed by atoms with Crippen LogP contribution < -0.4 is 0 Å². The molecule has 0 N–H and O–H groups in total. The summed E-state index contributed by atoms with van der Waals surface area (Å²) in [5, 5.41) is 0. The molecule has 19 heavy (non-hydrogen) atoms. The smallest absolute Gasteiger partial charge is 0.0221 e. The summed E-state index contributed by atoms with van der Waals surface area (Å²) in [6.45, 7) is 9.92. The van der Waals surface area contributed by atoms with Crippen molar-refractivity contribution >= 4 is 6.08 Å². The first kappa shape index (κ1) is 17.2. The number of allylic oxidation sites excluding steroid dienone is 5. The summed E-state index contributed by atoms with van der Waals surface area (Å²) in [7, 11) is 0. The quantitative estimate of drug-likeness (QED) is 0.589. The number of hydrogen-bond donors (Lipinski definition) is 0. The van der Waals surface area contributed by atoms with E-state index in [-0.39, 0.29) is 14.9 Å². The largest absolute Gasteiger partial charge is 0.0991 e. The van der Waals surface area contributed by atoms with Crippen LogP contribution in [0.15, 0.2) is 60.7 Å². The van der Waals surface area contributed by atoms with Gasteiger partial charge < -0.3 is 0 Å². The van der Waals surface area contributed by atoms with Gasteiger partial charge >= 0.3 is 0 Å². The Hall–Kier alpha value is -1.82. The van der Waals surface area contributed by atoms with Gasteiger partial charge in [-0.25, -0.2) is 0 Å². The lowest BCUT2D eigenvalue weighted by molar-refractivity contribution is 0.939. The maximum atomic E-state index is 4.10. The van der Waals surface area contributed by atoms with Crippen molar-refractivity contribution in [2.45, 2.75) is 34.6 Å². The minimum absolute atomic E-state index is 0. The molecule has 0 nitrogen and oxygen atoms in total. The van der Waals surface area contributed by atoms with Gasteiger partial charge in [0.15, 0.2) is 0 Å². The van der Waals surface area contributed by atoms with Crippen LogP contribution in [-0.4, -0.2) is 0 Å². The first-order chi connectivity index (χ1) is 8.20. The van der Waals surface area contributed by atoms with Crippen LogP contribution in [0.1, 0.15) is 38.0 Å². The number of rotatable bonds is 3. The summed E-state index contributed by atoms with van der Waals surface area (Å²) in [6, 6.07) is 6.65. The zero-order valence-electron chi connectivity index (χ0n) is 10.4. The van der Waals surface area contributed by atoms with E-state index in [4.69, 9.17) is 0 Å². The van der Waals surface area contributed by atoms with Gasteiger partial charge in [0.1, 0.15) is 0 Å². The van der Waals surface area contributed by atoms with E-state index in [0.29, 0.717) is 0 Å². The number of fused-ring (bicyclic) bond motifs is 1. The summed E-state index contributed by atoms with van der Waals surface area (Å²) in [5.74, 6) is 0. The molecule has 0 heteroatoms. The fourth-order valence-corrected chi connectivity index (χ4v) is 2.17. The molecule has 0 atom stereocenters. The van der Waals surface area contributed by atoms with Crippen LogP contribution >= 0.6 is 0 Å². The van der Waals surface area contributed by atoms with Gasteiger partial charge in [-0.3, -0.25) is 0 Å². The molecular formula is C19H26. The summed E-state index contributed by atoms with van der Waals surface area (Å²) >= 11 is 0. The minimum Gasteiger partial charge on any atom is -0.0991 e. The highest BCUT2D eigenvalue weighted by atomic mass is 14.2. The number of benzene rings is 1. The van der Waals surface area contributed by atoms with Crippen LogP contribution in [0.4, 0.5) is 0 Å². The molecule has 0 heterocycles. The van der Waals surface area contributed by atoms with Crippen LogP contribution in [0.25, 0.3) is 6.08 Å². The highest BCUT2D eigenvalue weighted by molar-refractivity contribution is 5.65. The minimum atomic E-state index is 0. The highest BCUT2D eigenvalue weighted by Crippen LogP contribution is 2.28. The van der Waals surface area contributed by atoms with E-state index in [2.05, 4.69) is 44.4 Å². The molecule has 2 rings (SSSR count). The normalized spacial score (nSPS) is 12.8. The van der Waals surface area contributed by atoms with Crippen LogP contribution in [-0.2, 0) is 6.42 Å². The average Bonchev–Trinajstić information content (AvgIpc) is 2.35. The Morgan fingerprint density at radius 1 is 1.21 bits per heavy atom. The van der Waals surface area contributed by atoms with E-state index in [0.717, 1.165) is 18.4 Å². The van der Waals surface area contributed by atoms with E-state index in [1.165, 1.54) is 22.3 Å². The first-order valence-electron chi connectivity index (χ1n) is 5.99. The third-order valence-corrected chi connectivity index (χ3v) is 3.14. The second-order valence-electron chi connectivity index (χ2n) is 4.49. The van der Waals surface area contributed by atoms with Crippen molar-refractivity contribution in [3.05, 3.63) is 77.4 Å². The molecule has 0 fully saturated rings. The lowest BCUT2D eigenvalue weighted by atomic mass is 9.88. The fourth-order valence-electron chi connectivity index (χ4n) is 2.17. The summed E-state index contributed by atoms with van der Waals surface area (Å²) in [5.41, 5.74) is 6.56. The third kappa shape index (κ3) is 4.10. The summed E-state index contributed by atoms with van der Waals surface area (Å²) < 4.78 is 0. The Labute approximate surface area is 118 Å². The molecule has 0 saturated heterocycles. The van der Waals surface area contributed by atoms with Gasteiger partial charge in [0.25, 0.3) is 0 Å².